The van der Waals surface area contributed by atoms with Crippen molar-refractivity contribution in [3.63, 3.8) is 0 Å². The predicted octanol–water partition coefficient (Wildman–Crippen LogP) is 0.903. The molecule has 1 fully saturated rings. The molecule has 0 aromatic rings. The van der Waals surface area contributed by atoms with Gasteiger partial charge in [-0.3, -0.25) is 0 Å². The molecule has 0 bridgehead atoms. The van der Waals surface area contributed by atoms with Gasteiger partial charge in [0.15, 0.2) is 0 Å². The fourth-order valence-electron chi connectivity index (χ4n) is 1.42. The lowest BCUT2D eigenvalue weighted by atomic mass is 9.93. The van der Waals surface area contributed by atoms with E-state index in [0.717, 1.165) is 12.8 Å². The van der Waals surface area contributed by atoms with Crippen LogP contribution in [0.3, 0.4) is 0 Å². The lowest BCUT2D eigenvalue weighted by Crippen LogP contribution is -2.38. The van der Waals surface area contributed by atoms with Crippen molar-refractivity contribution < 1.29 is 4.74 Å². The summed E-state index contributed by atoms with van der Waals surface area (Å²) in [4.78, 5) is 0. The Labute approximate surface area is 56.4 Å². The first-order chi connectivity index (χ1) is 4.34. The average Bonchev–Trinajstić information content (AvgIpc) is 1.89. The van der Waals surface area contributed by atoms with E-state index in [2.05, 4.69) is 0 Å². The van der Waals surface area contributed by atoms with Crippen LogP contribution in [-0.2, 0) is 4.74 Å². The van der Waals surface area contributed by atoms with Crippen molar-refractivity contribution >= 4 is 0 Å². The Morgan fingerprint density at radius 3 is 2.44 bits per heavy atom. The molecule has 0 aromatic heterocycles. The molecule has 2 N–H and O–H groups in total. The molecule has 0 saturated heterocycles. The van der Waals surface area contributed by atoms with Crippen LogP contribution in [0.5, 0.6) is 0 Å². The van der Waals surface area contributed by atoms with Crippen LogP contribution in [0.1, 0.15) is 25.7 Å². The van der Waals surface area contributed by atoms with Crippen LogP contribution >= 0.6 is 0 Å². The summed E-state index contributed by atoms with van der Waals surface area (Å²) >= 11 is 0. The second-order valence-corrected chi connectivity index (χ2v) is 2.72. The van der Waals surface area contributed by atoms with Crippen molar-refractivity contribution in [2.45, 2.75) is 37.8 Å². The molecule has 1 aliphatic rings. The SMILES string of the molecule is COC1CCCC[C@H]1N. The van der Waals surface area contributed by atoms with Gasteiger partial charge in [-0.1, -0.05) is 12.8 Å². The third-order valence-electron chi connectivity index (χ3n) is 2.06. The number of ether oxygens (including phenoxy) is 1. The molecule has 1 aliphatic carbocycles. The molecule has 1 saturated carbocycles. The van der Waals surface area contributed by atoms with E-state index in [4.69, 9.17) is 10.5 Å². The first kappa shape index (κ1) is 7.03. The van der Waals surface area contributed by atoms with Gasteiger partial charge in [0.1, 0.15) is 0 Å². The molecule has 0 aliphatic heterocycles. The van der Waals surface area contributed by atoms with E-state index in [0.29, 0.717) is 12.1 Å². The first-order valence-electron chi connectivity index (χ1n) is 3.63. The highest BCUT2D eigenvalue weighted by atomic mass is 16.5. The second kappa shape index (κ2) is 3.18. The van der Waals surface area contributed by atoms with Crippen LogP contribution in [0.2, 0.25) is 0 Å². The molecule has 0 heterocycles. The Morgan fingerprint density at radius 2 is 2.00 bits per heavy atom. The topological polar surface area (TPSA) is 35.2 Å². The third-order valence-corrected chi connectivity index (χ3v) is 2.06. The largest absolute Gasteiger partial charge is 0.380 e. The highest BCUT2D eigenvalue weighted by molar-refractivity contribution is 4.77. The predicted molar refractivity (Wildman–Crippen MR) is 37.2 cm³/mol. The van der Waals surface area contributed by atoms with Gasteiger partial charge in [0.25, 0.3) is 0 Å². The standard InChI is InChI=1S/C7H15NO/c1-9-7-5-3-2-4-6(7)8/h6-7H,2-5,8H2,1H3/t6-,7?/m1/s1. The second-order valence-electron chi connectivity index (χ2n) is 2.72. The van der Waals surface area contributed by atoms with E-state index in [1.54, 1.807) is 7.11 Å². The Balaban J connectivity index is 2.30. The van der Waals surface area contributed by atoms with Gasteiger partial charge in [-0.25, -0.2) is 0 Å². The van der Waals surface area contributed by atoms with Gasteiger partial charge in [0.05, 0.1) is 6.10 Å². The maximum absolute atomic E-state index is 5.76. The summed E-state index contributed by atoms with van der Waals surface area (Å²) in [6.07, 6.45) is 5.18. The molecule has 0 radical (unpaired) electrons. The minimum absolute atomic E-state index is 0.295. The number of hydrogen-bond acceptors (Lipinski definition) is 2. The highest BCUT2D eigenvalue weighted by Gasteiger charge is 2.20. The van der Waals surface area contributed by atoms with Gasteiger partial charge in [-0.15, -0.1) is 0 Å². The van der Waals surface area contributed by atoms with Gasteiger partial charge in [-0.2, -0.15) is 0 Å². The van der Waals surface area contributed by atoms with Gasteiger partial charge < -0.3 is 10.5 Å². The minimum Gasteiger partial charge on any atom is -0.380 e. The summed E-state index contributed by atoms with van der Waals surface area (Å²) in [5.74, 6) is 0. The zero-order valence-corrected chi connectivity index (χ0v) is 5.97. The van der Waals surface area contributed by atoms with E-state index in [1.165, 1.54) is 12.8 Å². The van der Waals surface area contributed by atoms with E-state index in [-0.39, 0.29) is 0 Å². The lowest BCUT2D eigenvalue weighted by Gasteiger charge is -2.26. The third kappa shape index (κ3) is 1.66. The Bertz CT molecular complexity index is 85.0. The van der Waals surface area contributed by atoms with Crippen molar-refractivity contribution in [1.29, 1.82) is 0 Å². The summed E-state index contributed by atoms with van der Waals surface area (Å²) in [5, 5.41) is 0. The van der Waals surface area contributed by atoms with Crippen LogP contribution in [0.15, 0.2) is 0 Å². The summed E-state index contributed by atoms with van der Waals surface area (Å²) in [6.45, 7) is 0. The Morgan fingerprint density at radius 1 is 1.33 bits per heavy atom. The van der Waals surface area contributed by atoms with Crippen LogP contribution in [0.4, 0.5) is 0 Å². The molecule has 2 heteroatoms. The lowest BCUT2D eigenvalue weighted by molar-refractivity contribution is 0.0545. The molecule has 9 heavy (non-hydrogen) atoms. The van der Waals surface area contributed by atoms with Crippen molar-refractivity contribution in [2.75, 3.05) is 7.11 Å². The fraction of sp³-hybridized carbons (Fsp3) is 1.00. The maximum atomic E-state index is 5.76. The molecular weight excluding hydrogens is 114 g/mol. The van der Waals surface area contributed by atoms with Crippen LogP contribution in [-0.4, -0.2) is 19.3 Å². The highest BCUT2D eigenvalue weighted by Crippen LogP contribution is 2.18. The normalized spacial score (nSPS) is 36.7. The monoisotopic (exact) mass is 129 g/mol. The quantitative estimate of drug-likeness (QED) is 0.571. The van der Waals surface area contributed by atoms with Crippen molar-refractivity contribution in [3.8, 4) is 0 Å². The Hall–Kier alpha value is -0.0800. The molecule has 54 valence electrons. The van der Waals surface area contributed by atoms with E-state index in [1.807, 2.05) is 0 Å². The smallest absolute Gasteiger partial charge is 0.0722 e. The van der Waals surface area contributed by atoms with E-state index in [9.17, 15) is 0 Å². The van der Waals surface area contributed by atoms with Crippen molar-refractivity contribution in [3.05, 3.63) is 0 Å². The summed E-state index contributed by atoms with van der Waals surface area (Å²) in [5.41, 5.74) is 5.76. The number of methoxy groups -OCH3 is 1. The fourth-order valence-corrected chi connectivity index (χ4v) is 1.42. The van der Waals surface area contributed by atoms with Gasteiger partial charge in [-0.05, 0) is 12.8 Å². The Kier molecular flexibility index (Phi) is 2.49. The van der Waals surface area contributed by atoms with Crippen LogP contribution in [0.25, 0.3) is 0 Å². The molecule has 2 nitrogen and oxygen atoms in total. The molecule has 0 spiro atoms. The van der Waals surface area contributed by atoms with Crippen molar-refractivity contribution in [2.24, 2.45) is 5.73 Å². The van der Waals surface area contributed by atoms with E-state index < -0.39 is 0 Å². The van der Waals surface area contributed by atoms with E-state index >= 15 is 0 Å². The average molecular weight is 129 g/mol. The summed E-state index contributed by atoms with van der Waals surface area (Å²) in [6, 6.07) is 0.295. The van der Waals surface area contributed by atoms with Gasteiger partial charge in [0, 0.05) is 13.2 Å². The molecule has 1 unspecified atom stereocenters. The number of hydrogen-bond donors (Lipinski definition) is 1. The van der Waals surface area contributed by atoms with Crippen LogP contribution in [0, 0.1) is 0 Å². The van der Waals surface area contributed by atoms with Crippen LogP contribution < -0.4 is 5.73 Å². The zero-order valence-electron chi connectivity index (χ0n) is 5.97. The summed E-state index contributed by atoms with van der Waals surface area (Å²) < 4.78 is 5.18. The first-order valence-corrected chi connectivity index (χ1v) is 3.63. The molecular formula is C7H15NO. The molecule has 2 atom stereocenters. The molecule has 0 aromatic carbocycles. The number of rotatable bonds is 1. The summed E-state index contributed by atoms with van der Waals surface area (Å²) in [7, 11) is 1.75. The maximum Gasteiger partial charge on any atom is 0.0722 e. The molecule has 0 amide bonds. The zero-order chi connectivity index (χ0) is 6.69. The van der Waals surface area contributed by atoms with Gasteiger partial charge in [0.2, 0.25) is 0 Å². The minimum atomic E-state index is 0.295. The van der Waals surface area contributed by atoms with Gasteiger partial charge >= 0.3 is 0 Å². The number of nitrogens with two attached hydrogens (primary N) is 1. The van der Waals surface area contributed by atoms with Crippen molar-refractivity contribution in [1.82, 2.24) is 0 Å². The molecule has 1 rings (SSSR count).